The van der Waals surface area contributed by atoms with Crippen LogP contribution in [0.4, 0.5) is 8.78 Å². The molecule has 1 saturated carbocycles. The van der Waals surface area contributed by atoms with Crippen LogP contribution in [0.25, 0.3) is 11.8 Å². The number of hydrogen-bond donors (Lipinski definition) is 1. The number of fused-ring (bicyclic) bond motifs is 2. The van der Waals surface area contributed by atoms with Gasteiger partial charge in [-0.15, -0.1) is 0 Å². The van der Waals surface area contributed by atoms with Gasteiger partial charge in [0.25, 0.3) is 0 Å². The Balaban J connectivity index is 1.40. The lowest BCUT2D eigenvalue weighted by Crippen LogP contribution is -2.49. The van der Waals surface area contributed by atoms with Crippen LogP contribution in [0.1, 0.15) is 41.0 Å². The summed E-state index contributed by atoms with van der Waals surface area (Å²) in [6, 6.07) is 7.66. The molecule has 6 rings (SSSR count). The number of carbonyl (C=O) groups excluding carboxylic acids is 1. The van der Waals surface area contributed by atoms with Crippen molar-refractivity contribution < 1.29 is 22.0 Å². The summed E-state index contributed by atoms with van der Waals surface area (Å²) in [6.45, 7) is 0. The second-order valence-corrected chi connectivity index (χ2v) is 11.7. The number of halogens is 2. The van der Waals surface area contributed by atoms with E-state index < -0.39 is 27.3 Å². The summed E-state index contributed by atoms with van der Waals surface area (Å²) >= 11 is 0. The number of nitrogens with zero attached hydrogens (tertiary/aromatic N) is 5. The van der Waals surface area contributed by atoms with Gasteiger partial charge in [0, 0.05) is 31.5 Å². The van der Waals surface area contributed by atoms with Gasteiger partial charge in [-0.1, -0.05) is 5.57 Å². The maximum absolute atomic E-state index is 14.1. The van der Waals surface area contributed by atoms with Gasteiger partial charge >= 0.3 is 0 Å². The highest BCUT2D eigenvalue weighted by atomic mass is 32.2. The number of sulfonamides is 1. The zero-order valence-electron chi connectivity index (χ0n) is 20.9. The van der Waals surface area contributed by atoms with Gasteiger partial charge in [0.1, 0.15) is 22.2 Å². The Morgan fingerprint density at radius 3 is 2.62 bits per heavy atom. The number of aryl methyl sites for hydroxylation is 1. The van der Waals surface area contributed by atoms with E-state index in [2.05, 4.69) is 19.9 Å². The first-order valence-corrected chi connectivity index (χ1v) is 13.8. The highest BCUT2D eigenvalue weighted by molar-refractivity contribution is 7.89. The average Bonchev–Trinajstić information content (AvgIpc) is 3.53. The third kappa shape index (κ3) is 4.49. The lowest BCUT2D eigenvalue weighted by atomic mass is 9.60. The molecule has 2 aliphatic carbocycles. The lowest BCUT2D eigenvalue weighted by Gasteiger charge is -2.43. The monoisotopic (exact) mass is 550 g/mol. The van der Waals surface area contributed by atoms with Crippen molar-refractivity contribution in [1.29, 1.82) is 0 Å². The molecule has 39 heavy (non-hydrogen) atoms. The molecule has 200 valence electrons. The van der Waals surface area contributed by atoms with Crippen molar-refractivity contribution in [3.8, 4) is 5.69 Å². The van der Waals surface area contributed by atoms with E-state index in [1.807, 2.05) is 6.08 Å². The summed E-state index contributed by atoms with van der Waals surface area (Å²) in [5.41, 5.74) is 1.83. The molecule has 4 aromatic rings. The highest BCUT2D eigenvalue weighted by Crippen LogP contribution is 2.50. The average molecular weight is 551 g/mol. The molecule has 0 unspecified atom stereocenters. The molecule has 1 N–H and O–H groups in total. The van der Waals surface area contributed by atoms with E-state index >= 15 is 0 Å². The number of Topliss-reactive ketones (excluding diaryl/α,β-unsaturated/α-hetero) is 1. The summed E-state index contributed by atoms with van der Waals surface area (Å²) < 4.78 is 59.6. The number of benzene rings is 1. The van der Waals surface area contributed by atoms with Crippen LogP contribution in [0.5, 0.6) is 0 Å². The standard InChI is InChI=1S/C27H24F2N6O3S/c1-34-16-23(15-31-34)39(37,38)33-21-5-2-18-10-25-17(14-32-35(25)22-6-3-19(28)4-7-22)12-27(18,13-21)26(36)24-11-20(29)8-9-30-24/h3-4,6-11,14-16,21,33H,2,5,12-13H2,1H3/t21-,27-/m0/s1. The predicted octanol–water partition coefficient (Wildman–Crippen LogP) is 3.62. The largest absolute Gasteiger partial charge is 0.291 e. The fourth-order valence-electron chi connectivity index (χ4n) is 5.60. The first kappa shape index (κ1) is 25.3. The van der Waals surface area contributed by atoms with Gasteiger partial charge in [-0.25, -0.2) is 26.6 Å². The number of carbonyl (C=O) groups is 1. The normalized spacial score (nSPS) is 20.7. The van der Waals surface area contributed by atoms with E-state index in [0.29, 0.717) is 18.5 Å². The molecule has 0 saturated heterocycles. The predicted molar refractivity (Wildman–Crippen MR) is 137 cm³/mol. The van der Waals surface area contributed by atoms with Crippen molar-refractivity contribution in [2.24, 2.45) is 12.5 Å². The second-order valence-electron chi connectivity index (χ2n) is 9.97. The van der Waals surface area contributed by atoms with Crippen molar-refractivity contribution >= 4 is 21.9 Å². The number of allylic oxidation sites excluding steroid dienone is 1. The van der Waals surface area contributed by atoms with Crippen LogP contribution in [0.2, 0.25) is 0 Å². The van der Waals surface area contributed by atoms with E-state index in [-0.39, 0.29) is 35.0 Å². The summed E-state index contributed by atoms with van der Waals surface area (Å²) in [5.74, 6) is -1.32. The molecule has 0 spiro atoms. The van der Waals surface area contributed by atoms with Crippen molar-refractivity contribution in [1.82, 2.24) is 29.3 Å². The van der Waals surface area contributed by atoms with Crippen LogP contribution in [0.3, 0.4) is 0 Å². The Kier molecular flexibility index (Phi) is 6.03. The number of nitrogens with one attached hydrogen (secondary N) is 1. The van der Waals surface area contributed by atoms with Crippen LogP contribution >= 0.6 is 0 Å². The van der Waals surface area contributed by atoms with Gasteiger partial charge in [0.05, 0.1) is 29.2 Å². The molecule has 12 heteroatoms. The minimum atomic E-state index is -3.88. The van der Waals surface area contributed by atoms with Crippen molar-refractivity contribution in [3.63, 3.8) is 0 Å². The molecule has 3 aromatic heterocycles. The third-order valence-corrected chi connectivity index (χ3v) is 8.91. The van der Waals surface area contributed by atoms with E-state index in [1.165, 1.54) is 41.5 Å². The molecule has 2 atom stereocenters. The molecule has 1 fully saturated rings. The first-order chi connectivity index (χ1) is 18.6. The Bertz CT molecular complexity index is 1730. The topological polar surface area (TPSA) is 112 Å². The lowest BCUT2D eigenvalue weighted by molar-refractivity contribution is 0.0777. The molecule has 0 aliphatic heterocycles. The van der Waals surface area contributed by atoms with E-state index in [0.717, 1.165) is 22.9 Å². The first-order valence-electron chi connectivity index (χ1n) is 12.4. The maximum Gasteiger partial charge on any atom is 0.243 e. The van der Waals surface area contributed by atoms with Crippen LogP contribution in [0.15, 0.2) is 71.7 Å². The Hall–Kier alpha value is -4.03. The van der Waals surface area contributed by atoms with Gasteiger partial charge < -0.3 is 0 Å². The number of aromatic nitrogens is 5. The van der Waals surface area contributed by atoms with Gasteiger partial charge in [0.15, 0.2) is 5.78 Å². The summed E-state index contributed by atoms with van der Waals surface area (Å²) in [5, 5.41) is 8.44. The third-order valence-electron chi connectivity index (χ3n) is 7.43. The van der Waals surface area contributed by atoms with Crippen LogP contribution in [-0.4, -0.2) is 44.8 Å². The fourth-order valence-corrected chi connectivity index (χ4v) is 6.85. The summed E-state index contributed by atoms with van der Waals surface area (Å²) in [6.07, 6.45) is 8.76. The zero-order valence-corrected chi connectivity index (χ0v) is 21.7. The molecule has 0 amide bonds. The smallest absolute Gasteiger partial charge is 0.243 e. The minimum absolute atomic E-state index is 0.0222. The van der Waals surface area contributed by atoms with Crippen LogP contribution in [-0.2, 0) is 23.5 Å². The number of pyridine rings is 1. The van der Waals surface area contributed by atoms with Crippen LogP contribution < -0.4 is 4.72 Å². The van der Waals surface area contributed by atoms with E-state index in [1.54, 1.807) is 30.1 Å². The van der Waals surface area contributed by atoms with Gasteiger partial charge in [-0.3, -0.25) is 14.5 Å². The van der Waals surface area contributed by atoms with E-state index in [4.69, 9.17) is 0 Å². The van der Waals surface area contributed by atoms with Gasteiger partial charge in [-0.05, 0) is 67.7 Å². The molecule has 3 heterocycles. The second kappa shape index (κ2) is 9.31. The minimum Gasteiger partial charge on any atom is -0.291 e. The maximum atomic E-state index is 14.1. The fraction of sp³-hybridized carbons (Fsp3) is 0.259. The zero-order chi connectivity index (χ0) is 27.4. The van der Waals surface area contributed by atoms with Crippen molar-refractivity contribution in [3.05, 3.63) is 95.3 Å². The number of rotatable bonds is 6. The highest BCUT2D eigenvalue weighted by Gasteiger charge is 2.50. The molecule has 9 nitrogen and oxygen atoms in total. The van der Waals surface area contributed by atoms with Gasteiger partial charge in [0.2, 0.25) is 10.0 Å². The molecule has 1 aromatic carbocycles. The van der Waals surface area contributed by atoms with Crippen molar-refractivity contribution in [2.75, 3.05) is 0 Å². The molecular weight excluding hydrogens is 526 g/mol. The summed E-state index contributed by atoms with van der Waals surface area (Å²) in [4.78, 5) is 18.3. The number of hydrogen-bond acceptors (Lipinski definition) is 6. The Morgan fingerprint density at radius 1 is 1.10 bits per heavy atom. The Morgan fingerprint density at radius 2 is 1.90 bits per heavy atom. The molecular formula is C27H24F2N6O3S. The quantitative estimate of drug-likeness (QED) is 0.367. The van der Waals surface area contributed by atoms with E-state index in [9.17, 15) is 22.0 Å². The molecule has 0 bridgehead atoms. The van der Waals surface area contributed by atoms with Crippen LogP contribution in [0, 0.1) is 17.0 Å². The molecule has 0 radical (unpaired) electrons. The SMILES string of the molecule is Cn1cc(S(=O)(=O)N[C@H]2CCC3=Cc4c(cnn4-c4ccc(F)cc4)C[C@]3(C(=O)c3cc(F)ccn3)C2)cn1. The Labute approximate surface area is 223 Å². The molecule has 2 aliphatic rings. The number of ketones is 1. The van der Waals surface area contributed by atoms with Crippen molar-refractivity contribution in [2.45, 2.75) is 36.6 Å². The van der Waals surface area contributed by atoms with Gasteiger partial charge in [-0.2, -0.15) is 10.2 Å². The summed E-state index contributed by atoms with van der Waals surface area (Å²) in [7, 11) is -2.26.